The molecule has 1 aromatic carbocycles. The predicted molar refractivity (Wildman–Crippen MR) is 121 cm³/mol. The summed E-state index contributed by atoms with van der Waals surface area (Å²) in [6.07, 6.45) is 5.22. The molecular weight excluding hydrogens is 425 g/mol. The highest BCUT2D eigenvalue weighted by atomic mass is 19.1. The third-order valence-electron chi connectivity index (χ3n) is 5.65. The number of fused-ring (bicyclic) bond motifs is 1. The topological polar surface area (TPSA) is 102 Å². The van der Waals surface area contributed by atoms with E-state index in [0.717, 1.165) is 30.7 Å². The Morgan fingerprint density at radius 3 is 2.88 bits per heavy atom. The zero-order valence-corrected chi connectivity index (χ0v) is 18.7. The Kier molecular flexibility index (Phi) is 6.38. The molecule has 8 nitrogen and oxygen atoms in total. The molecule has 1 saturated heterocycles. The molecule has 3 heterocycles. The van der Waals surface area contributed by atoms with Crippen LogP contribution in [-0.4, -0.2) is 34.4 Å². The lowest BCUT2D eigenvalue weighted by atomic mass is 10.0. The summed E-state index contributed by atoms with van der Waals surface area (Å²) in [5.41, 5.74) is 2.70. The second-order valence-electron chi connectivity index (χ2n) is 7.88. The monoisotopic (exact) mass is 449 g/mol. The van der Waals surface area contributed by atoms with Crippen LogP contribution in [0.3, 0.4) is 0 Å². The number of hydrogen-bond donors (Lipinski definition) is 1. The maximum absolute atomic E-state index is 14.9. The lowest BCUT2D eigenvalue weighted by molar-refractivity contribution is -0.114. The number of methoxy groups -OCH3 is 1. The molecule has 0 spiro atoms. The second-order valence-corrected chi connectivity index (χ2v) is 7.88. The van der Waals surface area contributed by atoms with Gasteiger partial charge in [-0.3, -0.25) is 4.79 Å². The summed E-state index contributed by atoms with van der Waals surface area (Å²) in [6, 6.07) is 7.15. The Morgan fingerprint density at radius 1 is 1.39 bits per heavy atom. The number of hydrogen-bond acceptors (Lipinski definition) is 6. The lowest BCUT2D eigenvalue weighted by Gasteiger charge is -2.23. The summed E-state index contributed by atoms with van der Waals surface area (Å²) >= 11 is 0. The number of nitrogens with one attached hydrogen (secondary N) is 1. The average molecular weight is 449 g/mol. The molecule has 0 radical (unpaired) electrons. The first-order chi connectivity index (χ1) is 15.9. The fourth-order valence-electron chi connectivity index (χ4n) is 3.99. The van der Waals surface area contributed by atoms with Crippen LogP contribution in [0.5, 0.6) is 5.88 Å². The molecule has 1 atom stereocenters. The fourth-order valence-corrected chi connectivity index (χ4v) is 3.99. The summed E-state index contributed by atoms with van der Waals surface area (Å²) in [7, 11) is 1.50. The number of nitrogens with zero attached hydrogens (tertiary/aromatic N) is 4. The number of ether oxygens (including phenoxy) is 2. The van der Waals surface area contributed by atoms with E-state index in [4.69, 9.17) is 9.47 Å². The van der Waals surface area contributed by atoms with E-state index in [2.05, 4.69) is 21.5 Å². The third kappa shape index (κ3) is 4.43. The van der Waals surface area contributed by atoms with Crippen molar-refractivity contribution in [1.29, 1.82) is 5.26 Å². The number of halogens is 1. The minimum Gasteiger partial charge on any atom is -0.481 e. The molecule has 170 valence electrons. The number of carbonyl (C=O) groups excluding carboxylic acids is 1. The highest BCUT2D eigenvalue weighted by Gasteiger charge is 2.22. The molecule has 1 unspecified atom stereocenters. The van der Waals surface area contributed by atoms with Gasteiger partial charge in [0.25, 0.3) is 5.91 Å². The first-order valence-corrected chi connectivity index (χ1v) is 10.7. The van der Waals surface area contributed by atoms with Gasteiger partial charge in [-0.25, -0.2) is 14.1 Å². The van der Waals surface area contributed by atoms with Crippen molar-refractivity contribution in [3.8, 4) is 11.9 Å². The molecule has 0 bridgehead atoms. The van der Waals surface area contributed by atoms with Crippen LogP contribution in [0.1, 0.15) is 47.9 Å². The minimum absolute atomic E-state index is 0.237. The summed E-state index contributed by atoms with van der Waals surface area (Å²) in [4.78, 5) is 16.8. The van der Waals surface area contributed by atoms with Gasteiger partial charge in [0, 0.05) is 18.1 Å². The number of rotatable bonds is 5. The van der Waals surface area contributed by atoms with Crippen molar-refractivity contribution < 1.29 is 18.7 Å². The molecule has 4 rings (SSSR count). The molecule has 33 heavy (non-hydrogen) atoms. The smallest absolute Gasteiger partial charge is 0.284 e. The molecule has 0 aliphatic carbocycles. The Labute approximate surface area is 190 Å². The highest BCUT2D eigenvalue weighted by molar-refractivity contribution is 6.06. The van der Waals surface area contributed by atoms with Crippen molar-refractivity contribution in [2.24, 2.45) is 0 Å². The number of anilines is 1. The van der Waals surface area contributed by atoms with Crippen LogP contribution in [0.25, 0.3) is 17.0 Å². The number of benzene rings is 1. The van der Waals surface area contributed by atoms with E-state index in [9.17, 15) is 14.4 Å². The van der Waals surface area contributed by atoms with Crippen molar-refractivity contribution >= 4 is 28.6 Å². The van der Waals surface area contributed by atoms with E-state index in [1.54, 1.807) is 42.9 Å². The summed E-state index contributed by atoms with van der Waals surface area (Å²) in [5.74, 6) is -1.55. The van der Waals surface area contributed by atoms with Crippen LogP contribution >= 0.6 is 0 Å². The Morgan fingerprint density at radius 2 is 2.21 bits per heavy atom. The van der Waals surface area contributed by atoms with Crippen LogP contribution in [0.4, 0.5) is 10.1 Å². The SMILES string of the molecule is COc1cc(C)c(NC(=O)/C(F)=C/c2ccc3cnn(C4CCCCO4)c3c2C#N)c(C)n1. The van der Waals surface area contributed by atoms with E-state index in [0.29, 0.717) is 34.9 Å². The molecule has 1 amide bonds. The van der Waals surface area contributed by atoms with Crippen LogP contribution in [-0.2, 0) is 9.53 Å². The van der Waals surface area contributed by atoms with E-state index in [1.165, 1.54) is 7.11 Å². The van der Waals surface area contributed by atoms with Gasteiger partial charge in [-0.2, -0.15) is 10.4 Å². The predicted octanol–water partition coefficient (Wildman–Crippen LogP) is 4.58. The van der Waals surface area contributed by atoms with E-state index in [1.807, 2.05) is 0 Å². The molecule has 1 N–H and O–H groups in total. The number of aromatic nitrogens is 3. The lowest BCUT2D eigenvalue weighted by Crippen LogP contribution is -2.19. The van der Waals surface area contributed by atoms with Crippen molar-refractivity contribution in [2.75, 3.05) is 19.0 Å². The molecule has 1 fully saturated rings. The Balaban J connectivity index is 1.67. The van der Waals surface area contributed by atoms with Gasteiger partial charge in [-0.15, -0.1) is 0 Å². The minimum atomic E-state index is -1.03. The molecule has 2 aromatic heterocycles. The average Bonchev–Trinajstić information content (AvgIpc) is 3.25. The quantitative estimate of drug-likeness (QED) is 0.572. The Bertz CT molecular complexity index is 1260. The number of amides is 1. The maximum Gasteiger partial charge on any atom is 0.284 e. The zero-order chi connectivity index (χ0) is 23.5. The molecule has 1 aliphatic rings. The van der Waals surface area contributed by atoms with Crippen molar-refractivity contribution in [3.63, 3.8) is 0 Å². The molecule has 9 heteroatoms. The van der Waals surface area contributed by atoms with E-state index in [-0.39, 0.29) is 17.4 Å². The number of nitriles is 1. The summed E-state index contributed by atoms with van der Waals surface area (Å²) < 4.78 is 27.5. The standard InChI is InChI=1S/C24H24FN5O3/c1-14-10-20(32-3)28-15(2)22(14)29-24(31)19(25)11-16-7-8-17-13-27-30(23(17)18(16)12-26)21-6-4-5-9-33-21/h7-8,10-11,13,21H,4-6,9H2,1-3H3,(H,29,31)/b19-11-. The third-order valence-corrected chi connectivity index (χ3v) is 5.65. The normalized spacial score (nSPS) is 16.5. The van der Waals surface area contributed by atoms with Crippen molar-refractivity contribution in [3.05, 3.63) is 52.6 Å². The van der Waals surface area contributed by atoms with Crippen molar-refractivity contribution in [1.82, 2.24) is 14.8 Å². The molecule has 1 aliphatic heterocycles. The van der Waals surface area contributed by atoms with E-state index < -0.39 is 11.7 Å². The maximum atomic E-state index is 14.9. The molecule has 3 aromatic rings. The largest absolute Gasteiger partial charge is 0.481 e. The number of carbonyl (C=O) groups is 1. The van der Waals surface area contributed by atoms with Gasteiger partial charge in [-0.1, -0.05) is 12.1 Å². The fraction of sp³-hybridized carbons (Fsp3) is 0.333. The summed E-state index contributed by atoms with van der Waals surface area (Å²) in [6.45, 7) is 4.09. The van der Waals surface area contributed by atoms with Gasteiger partial charge in [0.2, 0.25) is 5.88 Å². The molecular formula is C24H24FN5O3. The van der Waals surface area contributed by atoms with Gasteiger partial charge in [0.15, 0.2) is 12.1 Å². The van der Waals surface area contributed by atoms with Gasteiger partial charge < -0.3 is 14.8 Å². The zero-order valence-electron chi connectivity index (χ0n) is 18.7. The highest BCUT2D eigenvalue weighted by Crippen LogP contribution is 2.30. The van der Waals surface area contributed by atoms with Gasteiger partial charge in [0.1, 0.15) is 6.07 Å². The van der Waals surface area contributed by atoms with Crippen LogP contribution in [0.2, 0.25) is 0 Å². The van der Waals surface area contributed by atoms with Crippen LogP contribution < -0.4 is 10.1 Å². The molecule has 0 saturated carbocycles. The first kappa shape index (κ1) is 22.4. The first-order valence-electron chi connectivity index (χ1n) is 10.7. The summed E-state index contributed by atoms with van der Waals surface area (Å²) in [5, 5.41) is 17.6. The van der Waals surface area contributed by atoms with Crippen molar-refractivity contribution in [2.45, 2.75) is 39.3 Å². The van der Waals surface area contributed by atoms with Gasteiger partial charge in [0.05, 0.1) is 35.8 Å². The number of aryl methyl sites for hydroxylation is 2. The van der Waals surface area contributed by atoms with Crippen LogP contribution in [0, 0.1) is 25.2 Å². The Hall–Kier alpha value is -3.77. The van der Waals surface area contributed by atoms with E-state index >= 15 is 0 Å². The number of pyridine rings is 1. The second kappa shape index (κ2) is 9.38. The van der Waals surface area contributed by atoms with Gasteiger partial charge >= 0.3 is 0 Å². The van der Waals surface area contributed by atoms with Crippen LogP contribution in [0.15, 0.2) is 30.2 Å². The van der Waals surface area contributed by atoms with Gasteiger partial charge in [-0.05, 0) is 50.3 Å².